The van der Waals surface area contributed by atoms with E-state index in [1.807, 2.05) is 49.4 Å². The predicted octanol–water partition coefficient (Wildman–Crippen LogP) is 3.26. The molecule has 6 nitrogen and oxygen atoms in total. The van der Waals surface area contributed by atoms with Crippen molar-refractivity contribution in [3.8, 4) is 5.75 Å². The summed E-state index contributed by atoms with van der Waals surface area (Å²) in [6, 6.07) is 20.4. The predicted molar refractivity (Wildman–Crippen MR) is 112 cm³/mol. The number of carbonyl (C=O) groups is 2. The van der Waals surface area contributed by atoms with Gasteiger partial charge < -0.3 is 9.47 Å². The minimum atomic E-state index is -0.392. The molecule has 150 valence electrons. The lowest BCUT2D eigenvalue weighted by Gasteiger charge is -2.10. The highest BCUT2D eigenvalue weighted by atomic mass is 16.5. The number of ether oxygens (including phenoxy) is 2. The third-order valence-corrected chi connectivity index (χ3v) is 4.36. The lowest BCUT2D eigenvalue weighted by Crippen LogP contribution is -2.42. The lowest BCUT2D eigenvalue weighted by molar-refractivity contribution is -0.121. The van der Waals surface area contributed by atoms with E-state index in [1.165, 1.54) is 0 Å². The summed E-state index contributed by atoms with van der Waals surface area (Å²) < 4.78 is 10.7. The van der Waals surface area contributed by atoms with Crippen LogP contribution in [-0.2, 0) is 16.0 Å². The summed E-state index contributed by atoms with van der Waals surface area (Å²) >= 11 is 0. The van der Waals surface area contributed by atoms with Gasteiger partial charge in [-0.2, -0.15) is 0 Å². The molecule has 0 saturated heterocycles. The topological polar surface area (TPSA) is 76.7 Å². The Bertz CT molecular complexity index is 965. The molecular weight excluding hydrogens is 368 g/mol. The molecule has 0 radical (unpaired) electrons. The molecule has 3 aromatic carbocycles. The van der Waals surface area contributed by atoms with Gasteiger partial charge in [-0.15, -0.1) is 0 Å². The Morgan fingerprint density at radius 3 is 2.41 bits per heavy atom. The van der Waals surface area contributed by atoms with Crippen molar-refractivity contribution < 1.29 is 19.1 Å². The van der Waals surface area contributed by atoms with E-state index in [0.29, 0.717) is 31.1 Å². The smallest absolute Gasteiger partial charge is 0.269 e. The Labute approximate surface area is 169 Å². The third kappa shape index (κ3) is 5.80. The highest BCUT2D eigenvalue weighted by molar-refractivity contribution is 5.96. The Balaban J connectivity index is 1.50. The van der Waals surface area contributed by atoms with Crippen molar-refractivity contribution >= 4 is 22.6 Å². The van der Waals surface area contributed by atoms with Crippen LogP contribution in [0.15, 0.2) is 66.7 Å². The maximum Gasteiger partial charge on any atom is 0.269 e. The minimum Gasteiger partial charge on any atom is -0.491 e. The Morgan fingerprint density at radius 2 is 1.62 bits per heavy atom. The van der Waals surface area contributed by atoms with Gasteiger partial charge in [-0.1, -0.05) is 42.5 Å². The second-order valence-electron chi connectivity index (χ2n) is 6.39. The third-order valence-electron chi connectivity index (χ3n) is 4.36. The molecule has 3 aromatic rings. The average Bonchev–Trinajstić information content (AvgIpc) is 2.76. The Hall–Kier alpha value is -3.38. The van der Waals surface area contributed by atoms with Crippen LogP contribution in [0.5, 0.6) is 5.75 Å². The first-order valence-corrected chi connectivity index (χ1v) is 9.54. The van der Waals surface area contributed by atoms with E-state index in [4.69, 9.17) is 9.47 Å². The van der Waals surface area contributed by atoms with Gasteiger partial charge in [-0.05, 0) is 47.5 Å². The van der Waals surface area contributed by atoms with Crippen molar-refractivity contribution in [3.63, 3.8) is 0 Å². The van der Waals surface area contributed by atoms with Crippen LogP contribution in [0.1, 0.15) is 22.8 Å². The van der Waals surface area contributed by atoms with Crippen molar-refractivity contribution in [2.45, 2.75) is 13.3 Å². The summed E-state index contributed by atoms with van der Waals surface area (Å²) in [4.78, 5) is 24.5. The van der Waals surface area contributed by atoms with Crippen LogP contribution in [0.2, 0.25) is 0 Å². The zero-order valence-electron chi connectivity index (χ0n) is 16.3. The van der Waals surface area contributed by atoms with Crippen LogP contribution in [0, 0.1) is 0 Å². The van der Waals surface area contributed by atoms with Gasteiger partial charge in [0.25, 0.3) is 5.91 Å². The minimum absolute atomic E-state index is 0.175. The zero-order chi connectivity index (χ0) is 20.5. The molecule has 2 N–H and O–H groups in total. The van der Waals surface area contributed by atoms with Gasteiger partial charge in [0, 0.05) is 12.2 Å². The molecule has 2 amide bonds. The fraction of sp³-hybridized carbons (Fsp3) is 0.217. The molecule has 29 heavy (non-hydrogen) atoms. The van der Waals surface area contributed by atoms with E-state index in [0.717, 1.165) is 16.3 Å². The van der Waals surface area contributed by atoms with Gasteiger partial charge in [-0.3, -0.25) is 20.4 Å². The van der Waals surface area contributed by atoms with Crippen LogP contribution >= 0.6 is 0 Å². The molecule has 0 fully saturated rings. The molecule has 0 aliphatic carbocycles. The number of hydrazine groups is 1. The molecule has 0 spiro atoms. The monoisotopic (exact) mass is 392 g/mol. The normalized spacial score (nSPS) is 10.5. The maximum absolute atomic E-state index is 12.3. The van der Waals surface area contributed by atoms with Crippen LogP contribution in [0.4, 0.5) is 0 Å². The van der Waals surface area contributed by atoms with Crippen LogP contribution in [0.3, 0.4) is 0 Å². The Kier molecular flexibility index (Phi) is 7.19. The van der Waals surface area contributed by atoms with Crippen LogP contribution in [-0.4, -0.2) is 31.6 Å². The quantitative estimate of drug-likeness (QED) is 0.456. The van der Waals surface area contributed by atoms with Gasteiger partial charge in [0.2, 0.25) is 5.91 Å². The molecule has 0 aliphatic rings. The van der Waals surface area contributed by atoms with E-state index in [9.17, 15) is 9.59 Å². The fourth-order valence-corrected chi connectivity index (χ4v) is 2.93. The summed E-state index contributed by atoms with van der Waals surface area (Å²) in [7, 11) is 0. The van der Waals surface area contributed by atoms with Crippen molar-refractivity contribution in [2.75, 3.05) is 19.8 Å². The standard InChI is InChI=1S/C23H24N2O4/c1-2-28-14-15-29-20-12-10-18(11-13-20)23(27)25-24-22(26)16-19-8-5-7-17-6-3-4-9-21(17)19/h3-13H,2,14-16H2,1H3,(H,24,26)(H,25,27). The van der Waals surface area contributed by atoms with Gasteiger partial charge in [0.1, 0.15) is 12.4 Å². The van der Waals surface area contributed by atoms with E-state index < -0.39 is 5.91 Å². The van der Waals surface area contributed by atoms with Crippen molar-refractivity contribution in [2.24, 2.45) is 0 Å². The summed E-state index contributed by atoms with van der Waals surface area (Å²) in [5.74, 6) is -0.0241. The van der Waals surface area contributed by atoms with Crippen molar-refractivity contribution in [3.05, 3.63) is 77.9 Å². The molecule has 0 aromatic heterocycles. The number of fused-ring (bicyclic) bond motifs is 1. The molecule has 0 heterocycles. The molecule has 6 heteroatoms. The molecule has 0 aliphatic heterocycles. The van der Waals surface area contributed by atoms with E-state index in [1.54, 1.807) is 24.3 Å². The first-order chi connectivity index (χ1) is 14.2. The summed E-state index contributed by atoms with van der Waals surface area (Å²) in [6.07, 6.45) is 0.175. The van der Waals surface area contributed by atoms with Gasteiger partial charge >= 0.3 is 0 Å². The van der Waals surface area contributed by atoms with Crippen molar-refractivity contribution in [1.82, 2.24) is 10.9 Å². The van der Waals surface area contributed by atoms with Crippen LogP contribution < -0.4 is 15.6 Å². The average molecular weight is 392 g/mol. The highest BCUT2D eigenvalue weighted by Crippen LogP contribution is 2.18. The molecule has 0 saturated carbocycles. The SMILES string of the molecule is CCOCCOc1ccc(C(=O)NNC(=O)Cc2cccc3ccccc23)cc1. The largest absolute Gasteiger partial charge is 0.491 e. The fourth-order valence-electron chi connectivity index (χ4n) is 2.93. The number of rotatable bonds is 8. The van der Waals surface area contributed by atoms with Gasteiger partial charge in [0.15, 0.2) is 0 Å². The Morgan fingerprint density at radius 1 is 0.862 bits per heavy atom. The number of amides is 2. The van der Waals surface area contributed by atoms with Gasteiger partial charge in [-0.25, -0.2) is 0 Å². The number of carbonyl (C=O) groups excluding carboxylic acids is 2. The summed E-state index contributed by atoms with van der Waals surface area (Å²) in [6.45, 7) is 3.54. The summed E-state index contributed by atoms with van der Waals surface area (Å²) in [5, 5.41) is 2.10. The molecular formula is C23H24N2O4. The van der Waals surface area contributed by atoms with Crippen molar-refractivity contribution in [1.29, 1.82) is 0 Å². The molecule has 0 bridgehead atoms. The highest BCUT2D eigenvalue weighted by Gasteiger charge is 2.10. The number of nitrogens with one attached hydrogen (secondary N) is 2. The first-order valence-electron chi connectivity index (χ1n) is 9.54. The lowest BCUT2D eigenvalue weighted by atomic mass is 10.0. The van der Waals surface area contributed by atoms with E-state index in [-0.39, 0.29) is 12.3 Å². The van der Waals surface area contributed by atoms with E-state index in [2.05, 4.69) is 10.9 Å². The zero-order valence-corrected chi connectivity index (χ0v) is 16.3. The van der Waals surface area contributed by atoms with E-state index >= 15 is 0 Å². The van der Waals surface area contributed by atoms with Crippen LogP contribution in [0.25, 0.3) is 10.8 Å². The molecule has 0 unspecified atom stereocenters. The summed E-state index contributed by atoms with van der Waals surface area (Å²) in [5.41, 5.74) is 6.25. The second-order valence-corrected chi connectivity index (χ2v) is 6.39. The second kappa shape index (κ2) is 10.2. The molecule has 0 atom stereocenters. The number of benzene rings is 3. The first kappa shape index (κ1) is 20.4. The molecule has 3 rings (SSSR count). The van der Waals surface area contributed by atoms with Gasteiger partial charge in [0.05, 0.1) is 13.0 Å². The number of hydrogen-bond acceptors (Lipinski definition) is 4. The maximum atomic E-state index is 12.3. The number of hydrogen-bond donors (Lipinski definition) is 2.